The minimum atomic E-state index is -1.22. The number of amides is 1. The number of carbonyl (C=O) groups is 2. The highest BCUT2D eigenvalue weighted by Crippen LogP contribution is 2.36. The fourth-order valence-corrected chi connectivity index (χ4v) is 2.65. The Hall–Kier alpha value is -3.48. The lowest BCUT2D eigenvalue weighted by Crippen LogP contribution is -2.25. The smallest absolute Gasteiger partial charge is 0.328 e. The molecule has 0 saturated carbocycles. The summed E-state index contributed by atoms with van der Waals surface area (Å²) in [6, 6.07) is 9.76. The van der Waals surface area contributed by atoms with E-state index in [1.807, 2.05) is 6.07 Å². The highest BCUT2D eigenvalue weighted by atomic mass is 16.4. The number of carboxylic acids is 1. The van der Waals surface area contributed by atoms with E-state index in [2.05, 4.69) is 10.1 Å². The zero-order valence-corrected chi connectivity index (χ0v) is 13.1. The molecule has 1 unspecified atom stereocenters. The number of carboxylic acid groups (broad SMARTS) is 1. The van der Waals surface area contributed by atoms with Crippen molar-refractivity contribution in [1.29, 1.82) is 0 Å². The number of benzene rings is 1. The van der Waals surface area contributed by atoms with Crippen LogP contribution in [-0.4, -0.2) is 37.8 Å². The molecule has 126 valence electrons. The van der Waals surface area contributed by atoms with Gasteiger partial charge in [-0.3, -0.25) is 9.78 Å². The predicted octanol–water partition coefficient (Wildman–Crippen LogP) is 2.11. The van der Waals surface area contributed by atoms with Crippen molar-refractivity contribution in [3.63, 3.8) is 0 Å². The van der Waals surface area contributed by atoms with Crippen molar-refractivity contribution in [3.05, 3.63) is 72.1 Å². The van der Waals surface area contributed by atoms with E-state index >= 15 is 0 Å². The Bertz CT molecular complexity index is 862. The van der Waals surface area contributed by atoms with Gasteiger partial charge in [0.05, 0.1) is 11.8 Å². The molecule has 1 aliphatic heterocycles. The number of carbonyl (C=O) groups excluding carboxylic acids is 1. The molecule has 7 heteroatoms. The summed E-state index contributed by atoms with van der Waals surface area (Å²) >= 11 is 0. The third-order valence-electron chi connectivity index (χ3n) is 3.80. The van der Waals surface area contributed by atoms with Gasteiger partial charge in [-0.1, -0.05) is 24.3 Å². The lowest BCUT2D eigenvalue weighted by Gasteiger charge is -2.21. The topological polar surface area (TPSA) is 103 Å². The maximum atomic E-state index is 12.4. The maximum Gasteiger partial charge on any atom is 0.328 e. The summed E-state index contributed by atoms with van der Waals surface area (Å²) in [6.07, 6.45) is 5.38. The number of nitrogens with zero attached hydrogens (tertiary/aromatic N) is 3. The summed E-state index contributed by atoms with van der Waals surface area (Å²) in [5.41, 5.74) is 1.95. The molecule has 0 spiro atoms. The van der Waals surface area contributed by atoms with Crippen molar-refractivity contribution in [2.75, 3.05) is 0 Å². The van der Waals surface area contributed by atoms with Gasteiger partial charge in [-0.2, -0.15) is 5.10 Å². The van der Waals surface area contributed by atoms with Gasteiger partial charge in [0, 0.05) is 42.1 Å². The maximum absolute atomic E-state index is 12.4. The van der Waals surface area contributed by atoms with Crippen LogP contribution >= 0.6 is 0 Å². The van der Waals surface area contributed by atoms with Crippen molar-refractivity contribution in [2.24, 2.45) is 5.10 Å². The first-order chi connectivity index (χ1) is 12.1. The van der Waals surface area contributed by atoms with Crippen molar-refractivity contribution in [2.45, 2.75) is 12.5 Å². The summed E-state index contributed by atoms with van der Waals surface area (Å²) in [6.45, 7) is 0. The third-order valence-corrected chi connectivity index (χ3v) is 3.80. The zero-order chi connectivity index (χ0) is 17.8. The van der Waals surface area contributed by atoms with E-state index in [1.165, 1.54) is 11.1 Å². The number of hydrogen-bond acceptors (Lipinski definition) is 5. The number of aromatic hydroxyl groups is 1. The largest absolute Gasteiger partial charge is 0.508 e. The molecule has 2 heterocycles. The van der Waals surface area contributed by atoms with E-state index in [4.69, 9.17) is 5.11 Å². The lowest BCUT2D eigenvalue weighted by molar-refractivity contribution is -0.132. The summed E-state index contributed by atoms with van der Waals surface area (Å²) in [7, 11) is 0. The third kappa shape index (κ3) is 3.55. The normalized spacial score (nSPS) is 16.9. The quantitative estimate of drug-likeness (QED) is 0.832. The molecular weight excluding hydrogens is 322 g/mol. The van der Waals surface area contributed by atoms with Gasteiger partial charge in [0.15, 0.2) is 0 Å². The Kier molecular flexibility index (Phi) is 4.56. The van der Waals surface area contributed by atoms with Crippen LogP contribution in [0.2, 0.25) is 0 Å². The summed E-state index contributed by atoms with van der Waals surface area (Å²) < 4.78 is 0. The second-order valence-corrected chi connectivity index (χ2v) is 5.42. The van der Waals surface area contributed by atoms with Crippen LogP contribution in [-0.2, 0) is 9.59 Å². The second-order valence-electron chi connectivity index (χ2n) is 5.42. The van der Waals surface area contributed by atoms with Crippen LogP contribution in [0.15, 0.2) is 66.0 Å². The number of aromatic nitrogens is 1. The minimum absolute atomic E-state index is 0.0511. The van der Waals surface area contributed by atoms with Gasteiger partial charge in [0.2, 0.25) is 0 Å². The van der Waals surface area contributed by atoms with Gasteiger partial charge in [-0.15, -0.1) is 0 Å². The van der Waals surface area contributed by atoms with E-state index in [0.717, 1.165) is 17.7 Å². The predicted molar refractivity (Wildman–Crippen MR) is 89.9 cm³/mol. The van der Waals surface area contributed by atoms with E-state index in [1.54, 1.807) is 36.7 Å². The van der Waals surface area contributed by atoms with Gasteiger partial charge in [0.25, 0.3) is 5.91 Å². The van der Waals surface area contributed by atoms with E-state index in [9.17, 15) is 14.7 Å². The number of para-hydroxylation sites is 1. The van der Waals surface area contributed by atoms with Crippen LogP contribution in [0, 0.1) is 0 Å². The van der Waals surface area contributed by atoms with Gasteiger partial charge < -0.3 is 10.2 Å². The molecule has 1 atom stereocenters. The van der Waals surface area contributed by atoms with E-state index in [0.29, 0.717) is 17.7 Å². The Morgan fingerprint density at radius 2 is 1.96 bits per heavy atom. The molecule has 3 rings (SSSR count). The molecule has 1 aromatic heterocycles. The number of aliphatic carboxylic acids is 1. The second kappa shape index (κ2) is 6.96. The number of phenolic OH excluding ortho intramolecular Hbond substituents is 1. The Labute approximate surface area is 143 Å². The first-order valence-electron chi connectivity index (χ1n) is 7.56. The van der Waals surface area contributed by atoms with Crippen molar-refractivity contribution in [1.82, 2.24) is 9.99 Å². The van der Waals surface area contributed by atoms with Crippen LogP contribution in [0.3, 0.4) is 0 Å². The van der Waals surface area contributed by atoms with Crippen LogP contribution in [0.1, 0.15) is 23.6 Å². The van der Waals surface area contributed by atoms with Crippen LogP contribution in [0.5, 0.6) is 5.75 Å². The van der Waals surface area contributed by atoms with E-state index < -0.39 is 17.9 Å². The molecule has 25 heavy (non-hydrogen) atoms. The monoisotopic (exact) mass is 337 g/mol. The zero-order valence-electron chi connectivity index (χ0n) is 13.1. The molecule has 0 fully saturated rings. The van der Waals surface area contributed by atoms with Crippen LogP contribution in [0.4, 0.5) is 0 Å². The summed E-state index contributed by atoms with van der Waals surface area (Å²) in [5.74, 6) is -1.74. The number of hydrazone groups is 1. The molecular formula is C18H15N3O4. The lowest BCUT2D eigenvalue weighted by atomic mass is 9.98. The fourth-order valence-electron chi connectivity index (χ4n) is 2.65. The Morgan fingerprint density at radius 1 is 1.16 bits per heavy atom. The number of phenols is 1. The van der Waals surface area contributed by atoms with Gasteiger partial charge in [-0.25, -0.2) is 9.80 Å². The molecule has 2 N–H and O–H groups in total. The van der Waals surface area contributed by atoms with Crippen molar-refractivity contribution < 1.29 is 19.8 Å². The minimum Gasteiger partial charge on any atom is -0.508 e. The molecule has 1 aromatic carbocycles. The van der Waals surface area contributed by atoms with Crippen molar-refractivity contribution in [3.8, 4) is 5.75 Å². The molecule has 0 aliphatic carbocycles. The van der Waals surface area contributed by atoms with Gasteiger partial charge in [0.1, 0.15) is 5.75 Å². The SMILES string of the molecule is O=C(O)/C=C\C(=O)N1N=C(c2cccnc2)CC1c1ccccc1O. The first kappa shape index (κ1) is 16.4. The molecule has 1 aliphatic rings. The number of hydrogen-bond donors (Lipinski definition) is 2. The Balaban J connectivity index is 1.98. The van der Waals surface area contributed by atoms with Gasteiger partial charge in [-0.05, 0) is 12.1 Å². The van der Waals surface area contributed by atoms with Gasteiger partial charge >= 0.3 is 5.97 Å². The van der Waals surface area contributed by atoms with Crippen LogP contribution in [0.25, 0.3) is 0 Å². The summed E-state index contributed by atoms with van der Waals surface area (Å²) in [5, 5.41) is 24.4. The first-order valence-corrected chi connectivity index (χ1v) is 7.56. The highest BCUT2D eigenvalue weighted by molar-refractivity contribution is 6.04. The number of pyridine rings is 1. The molecule has 0 bridgehead atoms. The molecule has 7 nitrogen and oxygen atoms in total. The average molecular weight is 337 g/mol. The van der Waals surface area contributed by atoms with Crippen molar-refractivity contribution >= 4 is 17.6 Å². The molecule has 0 saturated heterocycles. The standard InChI is InChI=1S/C18H15N3O4/c22-16-6-2-1-5-13(16)15-10-14(12-4-3-9-19-11-12)20-21(15)17(23)7-8-18(24)25/h1-9,11,15,22H,10H2,(H,24,25)/b8-7-. The average Bonchev–Trinajstić information content (AvgIpc) is 3.06. The highest BCUT2D eigenvalue weighted by Gasteiger charge is 2.33. The molecule has 2 aromatic rings. The Morgan fingerprint density at radius 3 is 2.64 bits per heavy atom. The number of rotatable bonds is 4. The molecule has 1 amide bonds. The fraction of sp³-hybridized carbons (Fsp3) is 0.111. The summed E-state index contributed by atoms with van der Waals surface area (Å²) in [4.78, 5) is 27.1. The van der Waals surface area contributed by atoms with E-state index in [-0.39, 0.29) is 5.75 Å². The molecule has 0 radical (unpaired) electrons. The van der Waals surface area contributed by atoms with Crippen LogP contribution < -0.4 is 0 Å².